The van der Waals surface area contributed by atoms with E-state index in [1.54, 1.807) is 18.2 Å². The lowest BCUT2D eigenvalue weighted by molar-refractivity contribution is 0.100. The van der Waals surface area contributed by atoms with Crippen LogP contribution in [0.3, 0.4) is 0 Å². The molecule has 5 heteroatoms. The summed E-state index contributed by atoms with van der Waals surface area (Å²) in [5.74, 6) is 0. The lowest BCUT2D eigenvalue weighted by atomic mass is 10.1. The van der Waals surface area contributed by atoms with Crippen molar-refractivity contribution in [3.8, 4) is 0 Å². The van der Waals surface area contributed by atoms with Crippen LogP contribution in [0, 0.1) is 0 Å². The number of aliphatic hydroxyl groups excluding tert-OH is 1. The van der Waals surface area contributed by atoms with Crippen molar-refractivity contribution in [2.24, 2.45) is 0 Å². The molecule has 19 heavy (non-hydrogen) atoms. The highest BCUT2D eigenvalue weighted by molar-refractivity contribution is 6.74. The number of hydrogen-bond donors (Lipinski definition) is 1. The fourth-order valence-corrected chi connectivity index (χ4v) is 2.63. The highest BCUT2D eigenvalue weighted by Gasteiger charge is 2.37. The fraction of sp³-hybridized carbons (Fsp3) is 0.571. The Morgan fingerprint density at radius 1 is 1.21 bits per heavy atom. The SMILES string of the molecule is CC(C)(C)[Si](C)(C)OC[C@H](O)c1ccc(Cl)c(Cl)c1. The summed E-state index contributed by atoms with van der Waals surface area (Å²) in [6.07, 6.45) is -0.677. The van der Waals surface area contributed by atoms with Crippen LogP contribution in [0.1, 0.15) is 32.4 Å². The zero-order valence-electron chi connectivity index (χ0n) is 12.1. The second-order valence-electron chi connectivity index (χ2n) is 6.26. The Hall–Kier alpha value is -0.0631. The van der Waals surface area contributed by atoms with Crippen molar-refractivity contribution >= 4 is 31.5 Å². The molecule has 0 aliphatic carbocycles. The number of hydrogen-bond acceptors (Lipinski definition) is 2. The summed E-state index contributed by atoms with van der Waals surface area (Å²) < 4.78 is 5.99. The maximum atomic E-state index is 10.2. The summed E-state index contributed by atoms with van der Waals surface area (Å²) in [5, 5.41) is 11.2. The number of benzene rings is 1. The Labute approximate surface area is 126 Å². The number of halogens is 2. The van der Waals surface area contributed by atoms with Crippen LogP contribution in [0.15, 0.2) is 18.2 Å². The standard InChI is InChI=1S/C14H22Cl2O2Si/c1-14(2,3)19(4,5)18-9-13(17)10-6-7-11(15)12(16)8-10/h6-8,13,17H,9H2,1-5H3/t13-/m0/s1. The molecule has 1 atom stereocenters. The molecule has 0 amide bonds. The van der Waals surface area contributed by atoms with E-state index in [1.165, 1.54) is 0 Å². The molecule has 0 radical (unpaired) electrons. The molecule has 1 aromatic carbocycles. The third kappa shape index (κ3) is 4.47. The maximum absolute atomic E-state index is 10.2. The van der Waals surface area contributed by atoms with Gasteiger partial charge in [0.05, 0.1) is 16.7 Å². The topological polar surface area (TPSA) is 29.5 Å². The molecule has 1 rings (SSSR count). The Kier molecular flexibility index (Phi) is 5.49. The van der Waals surface area contributed by atoms with Crippen molar-refractivity contribution in [1.29, 1.82) is 0 Å². The zero-order chi connectivity index (χ0) is 14.8. The summed E-state index contributed by atoms with van der Waals surface area (Å²) in [5.41, 5.74) is 0.730. The first-order valence-electron chi connectivity index (χ1n) is 6.31. The Balaban J connectivity index is 2.70. The first kappa shape index (κ1) is 17.0. The average molecular weight is 321 g/mol. The van der Waals surface area contributed by atoms with Gasteiger partial charge in [0.2, 0.25) is 0 Å². The van der Waals surface area contributed by atoms with E-state index in [0.717, 1.165) is 5.56 Å². The van der Waals surface area contributed by atoms with Crippen LogP contribution >= 0.6 is 23.2 Å². The van der Waals surface area contributed by atoms with Crippen LogP contribution in [0.4, 0.5) is 0 Å². The molecule has 0 spiro atoms. The molecule has 2 nitrogen and oxygen atoms in total. The van der Waals surface area contributed by atoms with Gasteiger partial charge in [-0.05, 0) is 35.8 Å². The van der Waals surface area contributed by atoms with Gasteiger partial charge in [-0.3, -0.25) is 0 Å². The predicted molar refractivity (Wildman–Crippen MR) is 84.6 cm³/mol. The van der Waals surface area contributed by atoms with Crippen LogP contribution in [0.2, 0.25) is 28.2 Å². The molecule has 1 N–H and O–H groups in total. The van der Waals surface area contributed by atoms with Crippen molar-refractivity contribution in [2.45, 2.75) is 45.0 Å². The minimum atomic E-state index is -1.84. The first-order chi connectivity index (χ1) is 8.54. The van der Waals surface area contributed by atoms with Gasteiger partial charge in [-0.15, -0.1) is 0 Å². The third-order valence-corrected chi connectivity index (χ3v) is 8.98. The van der Waals surface area contributed by atoms with Crippen LogP contribution in [0.25, 0.3) is 0 Å². The summed E-state index contributed by atoms with van der Waals surface area (Å²) in [6.45, 7) is 11.1. The minimum absolute atomic E-state index is 0.129. The number of aliphatic hydroxyl groups is 1. The van der Waals surface area contributed by atoms with E-state index in [9.17, 15) is 5.11 Å². The van der Waals surface area contributed by atoms with Crippen LogP contribution in [-0.2, 0) is 4.43 Å². The quantitative estimate of drug-likeness (QED) is 0.787. The van der Waals surface area contributed by atoms with Crippen LogP contribution in [0.5, 0.6) is 0 Å². The normalized spacial score (nSPS) is 14.5. The van der Waals surface area contributed by atoms with E-state index in [-0.39, 0.29) is 11.6 Å². The van der Waals surface area contributed by atoms with Gasteiger partial charge in [-0.25, -0.2) is 0 Å². The van der Waals surface area contributed by atoms with Gasteiger partial charge in [-0.1, -0.05) is 50.0 Å². The lowest BCUT2D eigenvalue weighted by Gasteiger charge is -2.36. The first-order valence-corrected chi connectivity index (χ1v) is 9.98. The second kappa shape index (κ2) is 6.14. The van der Waals surface area contributed by atoms with Gasteiger partial charge in [0.1, 0.15) is 6.10 Å². The van der Waals surface area contributed by atoms with Crippen molar-refractivity contribution in [2.75, 3.05) is 6.61 Å². The molecular weight excluding hydrogens is 299 g/mol. The molecule has 0 heterocycles. The van der Waals surface area contributed by atoms with E-state index in [0.29, 0.717) is 10.0 Å². The van der Waals surface area contributed by atoms with Gasteiger partial charge in [0.15, 0.2) is 8.32 Å². The van der Waals surface area contributed by atoms with Crippen molar-refractivity contribution < 1.29 is 9.53 Å². The van der Waals surface area contributed by atoms with Gasteiger partial charge in [0, 0.05) is 0 Å². The summed E-state index contributed by atoms with van der Waals surface area (Å²) >= 11 is 11.8. The molecule has 0 bridgehead atoms. The third-order valence-electron chi connectivity index (χ3n) is 3.74. The van der Waals surface area contributed by atoms with Crippen molar-refractivity contribution in [3.05, 3.63) is 33.8 Å². The van der Waals surface area contributed by atoms with E-state index >= 15 is 0 Å². The van der Waals surface area contributed by atoms with E-state index in [1.807, 2.05) is 0 Å². The van der Waals surface area contributed by atoms with Crippen LogP contribution in [-0.4, -0.2) is 20.0 Å². The van der Waals surface area contributed by atoms with Gasteiger partial charge in [0.25, 0.3) is 0 Å². The monoisotopic (exact) mass is 320 g/mol. The predicted octanol–water partition coefficient (Wildman–Crippen LogP) is 5.05. The summed E-state index contributed by atoms with van der Waals surface area (Å²) in [7, 11) is -1.84. The van der Waals surface area contributed by atoms with Crippen molar-refractivity contribution in [3.63, 3.8) is 0 Å². The molecule has 0 saturated heterocycles. The molecule has 0 aliphatic rings. The largest absolute Gasteiger partial charge is 0.414 e. The molecule has 0 aliphatic heterocycles. The van der Waals surface area contributed by atoms with E-state index in [2.05, 4.69) is 33.9 Å². The van der Waals surface area contributed by atoms with Crippen molar-refractivity contribution in [1.82, 2.24) is 0 Å². The molecule has 1 aromatic rings. The molecule has 0 fully saturated rings. The van der Waals surface area contributed by atoms with E-state index < -0.39 is 14.4 Å². The minimum Gasteiger partial charge on any atom is -0.414 e. The average Bonchev–Trinajstić information content (AvgIpc) is 2.28. The number of rotatable bonds is 4. The Morgan fingerprint density at radius 3 is 2.26 bits per heavy atom. The second-order valence-corrected chi connectivity index (χ2v) is 11.9. The Bertz CT molecular complexity index is 442. The molecule has 108 valence electrons. The van der Waals surface area contributed by atoms with E-state index in [4.69, 9.17) is 27.6 Å². The maximum Gasteiger partial charge on any atom is 0.192 e. The fourth-order valence-electron chi connectivity index (χ4n) is 1.32. The smallest absolute Gasteiger partial charge is 0.192 e. The molecule has 0 saturated carbocycles. The van der Waals surface area contributed by atoms with Gasteiger partial charge in [-0.2, -0.15) is 0 Å². The van der Waals surface area contributed by atoms with Gasteiger partial charge < -0.3 is 9.53 Å². The molecule has 0 aromatic heterocycles. The lowest BCUT2D eigenvalue weighted by Crippen LogP contribution is -2.41. The molecule has 0 unspecified atom stereocenters. The zero-order valence-corrected chi connectivity index (χ0v) is 14.6. The Morgan fingerprint density at radius 2 is 1.79 bits per heavy atom. The highest BCUT2D eigenvalue weighted by Crippen LogP contribution is 2.37. The summed E-state index contributed by atoms with van der Waals surface area (Å²) in [4.78, 5) is 0. The summed E-state index contributed by atoms with van der Waals surface area (Å²) in [6, 6.07) is 5.15. The van der Waals surface area contributed by atoms with Gasteiger partial charge >= 0.3 is 0 Å². The highest BCUT2D eigenvalue weighted by atomic mass is 35.5. The molecular formula is C14H22Cl2O2Si. The van der Waals surface area contributed by atoms with Crippen LogP contribution < -0.4 is 0 Å².